The Morgan fingerprint density at radius 1 is 1.22 bits per heavy atom. The van der Waals surface area contributed by atoms with Crippen LogP contribution < -0.4 is 10.1 Å². The van der Waals surface area contributed by atoms with Crippen LogP contribution in [0.2, 0.25) is 0 Å². The highest BCUT2D eigenvalue weighted by atomic mass is 16.5. The molecule has 27 heavy (non-hydrogen) atoms. The molecule has 2 aromatic heterocycles. The number of benzene rings is 1. The highest BCUT2D eigenvalue weighted by molar-refractivity contribution is 5.51. The first kappa shape index (κ1) is 17.7. The lowest BCUT2D eigenvalue weighted by atomic mass is 10.1. The molecule has 1 aliphatic rings. The van der Waals surface area contributed by atoms with E-state index in [1.54, 1.807) is 7.11 Å². The van der Waals surface area contributed by atoms with Gasteiger partial charge in [-0.25, -0.2) is 14.6 Å². The molecule has 0 atom stereocenters. The van der Waals surface area contributed by atoms with E-state index >= 15 is 0 Å². The summed E-state index contributed by atoms with van der Waals surface area (Å²) in [5.41, 5.74) is 6.73. The van der Waals surface area contributed by atoms with Gasteiger partial charge in [0, 0.05) is 42.9 Å². The average Bonchev–Trinajstić information content (AvgIpc) is 3.11. The van der Waals surface area contributed by atoms with Crippen LogP contribution in [0, 0.1) is 6.92 Å². The number of nitrogens with zero attached hydrogens (tertiary/aromatic N) is 4. The van der Waals surface area contributed by atoms with E-state index in [1.807, 2.05) is 29.9 Å². The molecule has 0 amide bonds. The molecule has 3 aromatic rings. The zero-order valence-corrected chi connectivity index (χ0v) is 16.1. The van der Waals surface area contributed by atoms with Crippen LogP contribution in [0.4, 0.5) is 0 Å². The third kappa shape index (κ3) is 3.57. The van der Waals surface area contributed by atoms with E-state index in [0.717, 1.165) is 60.1 Å². The number of rotatable bonds is 5. The number of methoxy groups -OCH3 is 1. The maximum absolute atomic E-state index is 5.61. The molecule has 0 saturated carbocycles. The van der Waals surface area contributed by atoms with Gasteiger partial charge in [-0.3, -0.25) is 0 Å². The van der Waals surface area contributed by atoms with Crippen molar-refractivity contribution < 1.29 is 4.74 Å². The van der Waals surface area contributed by atoms with Gasteiger partial charge in [-0.15, -0.1) is 0 Å². The fourth-order valence-corrected chi connectivity index (χ4v) is 3.61. The van der Waals surface area contributed by atoms with Crippen LogP contribution >= 0.6 is 0 Å². The summed E-state index contributed by atoms with van der Waals surface area (Å²) in [6, 6.07) is 8.28. The Bertz CT molecular complexity index is 963. The maximum atomic E-state index is 5.61. The monoisotopic (exact) mass is 363 g/mol. The van der Waals surface area contributed by atoms with E-state index in [4.69, 9.17) is 4.74 Å². The zero-order chi connectivity index (χ0) is 18.8. The number of aryl methyl sites for hydroxylation is 2. The maximum Gasteiger partial charge on any atom is 0.144 e. The van der Waals surface area contributed by atoms with Crippen LogP contribution in [0.5, 0.6) is 5.75 Å². The van der Waals surface area contributed by atoms with Crippen molar-refractivity contribution in [3.05, 3.63) is 64.5 Å². The summed E-state index contributed by atoms with van der Waals surface area (Å²) in [4.78, 5) is 9.29. The first-order valence-corrected chi connectivity index (χ1v) is 9.45. The second kappa shape index (κ2) is 7.48. The number of nitrogens with one attached hydrogen (secondary N) is 1. The first-order valence-electron chi connectivity index (χ1n) is 9.45. The van der Waals surface area contributed by atoms with E-state index in [-0.39, 0.29) is 0 Å². The molecular formula is C21H25N5O. The molecule has 0 aliphatic carbocycles. The number of fused-ring (bicyclic) bond motifs is 1. The average molecular weight is 363 g/mol. The van der Waals surface area contributed by atoms with Crippen LogP contribution in [0.15, 0.2) is 30.5 Å². The van der Waals surface area contributed by atoms with Gasteiger partial charge in [-0.1, -0.05) is 13.0 Å². The van der Waals surface area contributed by atoms with Gasteiger partial charge in [0.15, 0.2) is 0 Å². The van der Waals surface area contributed by atoms with Gasteiger partial charge in [0.1, 0.15) is 17.3 Å². The molecule has 3 heterocycles. The van der Waals surface area contributed by atoms with Gasteiger partial charge in [0.05, 0.1) is 19.0 Å². The fourth-order valence-electron chi connectivity index (χ4n) is 3.61. The van der Waals surface area contributed by atoms with Crippen molar-refractivity contribution in [1.29, 1.82) is 0 Å². The molecule has 6 heteroatoms. The Morgan fingerprint density at radius 3 is 2.93 bits per heavy atom. The summed E-state index contributed by atoms with van der Waals surface area (Å²) < 4.78 is 7.63. The second-order valence-corrected chi connectivity index (χ2v) is 6.91. The molecule has 4 rings (SSSR count). The van der Waals surface area contributed by atoms with Crippen LogP contribution in [0.3, 0.4) is 0 Å². The predicted molar refractivity (Wildman–Crippen MR) is 104 cm³/mol. The Kier molecular flexibility index (Phi) is 4.90. The predicted octanol–water partition coefficient (Wildman–Crippen LogP) is 2.78. The third-order valence-electron chi connectivity index (χ3n) is 4.96. The molecule has 1 aromatic carbocycles. The van der Waals surface area contributed by atoms with Gasteiger partial charge in [-0.05, 0) is 37.1 Å². The van der Waals surface area contributed by atoms with Crippen molar-refractivity contribution in [2.24, 2.45) is 0 Å². The standard InChI is InChI=1S/C21H25N5O/c1-4-17-9-14(2)24-21(25-17)11-15-5-6-20(27-3)19(10-15)26-18-7-8-22-12-16(18)13-23-26/h5-6,9-10,13,22H,4,7-8,11-12H2,1-3H3. The highest BCUT2D eigenvalue weighted by Gasteiger charge is 2.18. The van der Waals surface area contributed by atoms with E-state index in [2.05, 4.69) is 39.4 Å². The van der Waals surface area contributed by atoms with Crippen molar-refractivity contribution in [3.63, 3.8) is 0 Å². The van der Waals surface area contributed by atoms with Gasteiger partial charge < -0.3 is 10.1 Å². The Labute approximate surface area is 159 Å². The fraction of sp³-hybridized carbons (Fsp3) is 0.381. The summed E-state index contributed by atoms with van der Waals surface area (Å²) in [5.74, 6) is 1.68. The highest BCUT2D eigenvalue weighted by Crippen LogP contribution is 2.28. The molecule has 6 nitrogen and oxygen atoms in total. The SMILES string of the molecule is CCc1cc(C)nc(Cc2ccc(OC)c(-n3ncc4c3CCNC4)c2)n1. The van der Waals surface area contributed by atoms with Crippen LogP contribution in [-0.4, -0.2) is 33.4 Å². The third-order valence-corrected chi connectivity index (χ3v) is 4.96. The van der Waals surface area contributed by atoms with Gasteiger partial charge in [0.2, 0.25) is 0 Å². The van der Waals surface area contributed by atoms with E-state index < -0.39 is 0 Å². The molecule has 140 valence electrons. The molecule has 0 saturated heterocycles. The lowest BCUT2D eigenvalue weighted by Gasteiger charge is -2.17. The Hall–Kier alpha value is -2.73. The topological polar surface area (TPSA) is 64.9 Å². The van der Waals surface area contributed by atoms with Gasteiger partial charge in [-0.2, -0.15) is 5.10 Å². The van der Waals surface area contributed by atoms with Crippen molar-refractivity contribution in [3.8, 4) is 11.4 Å². The van der Waals surface area contributed by atoms with Crippen LogP contribution in [0.25, 0.3) is 5.69 Å². The summed E-state index contributed by atoms with van der Waals surface area (Å²) in [5, 5.41) is 8.03. The van der Waals surface area contributed by atoms with E-state index in [9.17, 15) is 0 Å². The minimum Gasteiger partial charge on any atom is -0.494 e. The normalized spacial score (nSPS) is 13.4. The summed E-state index contributed by atoms with van der Waals surface area (Å²) in [6.45, 7) is 5.98. The van der Waals surface area contributed by atoms with Crippen molar-refractivity contribution in [2.75, 3.05) is 13.7 Å². The first-order chi connectivity index (χ1) is 13.2. The van der Waals surface area contributed by atoms with Gasteiger partial charge in [0.25, 0.3) is 0 Å². The molecule has 0 fully saturated rings. The number of ether oxygens (including phenoxy) is 1. The van der Waals surface area contributed by atoms with Crippen molar-refractivity contribution in [1.82, 2.24) is 25.1 Å². The summed E-state index contributed by atoms with van der Waals surface area (Å²) in [7, 11) is 1.70. The molecule has 0 bridgehead atoms. The zero-order valence-electron chi connectivity index (χ0n) is 16.1. The molecule has 0 radical (unpaired) electrons. The largest absolute Gasteiger partial charge is 0.494 e. The van der Waals surface area contributed by atoms with Crippen molar-refractivity contribution in [2.45, 2.75) is 39.7 Å². The van der Waals surface area contributed by atoms with Crippen LogP contribution in [0.1, 0.15) is 41.0 Å². The molecule has 1 N–H and O–H groups in total. The molecule has 0 spiro atoms. The molecule has 0 unspecified atom stereocenters. The lowest BCUT2D eigenvalue weighted by molar-refractivity contribution is 0.411. The lowest BCUT2D eigenvalue weighted by Crippen LogP contribution is -2.24. The van der Waals surface area contributed by atoms with Gasteiger partial charge >= 0.3 is 0 Å². The minimum absolute atomic E-state index is 0.691. The summed E-state index contributed by atoms with van der Waals surface area (Å²) >= 11 is 0. The molecule has 1 aliphatic heterocycles. The number of hydrogen-bond donors (Lipinski definition) is 1. The van der Waals surface area contributed by atoms with E-state index in [1.165, 1.54) is 11.3 Å². The Balaban J connectivity index is 1.71. The summed E-state index contributed by atoms with van der Waals surface area (Å²) in [6.07, 6.45) is 4.52. The van der Waals surface area contributed by atoms with E-state index in [0.29, 0.717) is 6.42 Å². The number of aromatic nitrogens is 4. The molecular weight excluding hydrogens is 338 g/mol. The van der Waals surface area contributed by atoms with Crippen molar-refractivity contribution >= 4 is 0 Å². The smallest absolute Gasteiger partial charge is 0.144 e. The second-order valence-electron chi connectivity index (χ2n) is 6.91. The quantitative estimate of drug-likeness (QED) is 0.755. The Morgan fingerprint density at radius 2 is 2.11 bits per heavy atom. The van der Waals surface area contributed by atoms with Crippen LogP contribution in [-0.2, 0) is 25.8 Å². The minimum atomic E-state index is 0.691. The number of hydrogen-bond acceptors (Lipinski definition) is 5.